The first-order valence-corrected chi connectivity index (χ1v) is 6.94. The summed E-state index contributed by atoms with van der Waals surface area (Å²) in [6.45, 7) is 0. The predicted octanol–water partition coefficient (Wildman–Crippen LogP) is 3.62. The van der Waals surface area contributed by atoms with Crippen LogP contribution in [0.2, 0.25) is 0 Å². The van der Waals surface area contributed by atoms with Gasteiger partial charge < -0.3 is 0 Å². The fourth-order valence-electron chi connectivity index (χ4n) is 1.55. The predicted molar refractivity (Wildman–Crippen MR) is 74.0 cm³/mol. The number of hydrogen-bond donors (Lipinski definition) is 0. The van der Waals surface area contributed by atoms with Gasteiger partial charge in [-0.25, -0.2) is 9.97 Å². The molecule has 3 aromatic rings. The molecule has 0 fully saturated rings. The SMILES string of the molecule is O=C(Sc1ncccn1)c1cc2ccccc2s1. The van der Waals surface area contributed by atoms with Crippen LogP contribution in [0.3, 0.4) is 0 Å². The van der Waals surface area contributed by atoms with Gasteiger partial charge in [-0.15, -0.1) is 11.3 Å². The molecular formula is C13H8N2OS2. The van der Waals surface area contributed by atoms with Crippen molar-refractivity contribution >= 4 is 38.3 Å². The van der Waals surface area contributed by atoms with E-state index in [-0.39, 0.29) is 5.12 Å². The summed E-state index contributed by atoms with van der Waals surface area (Å²) in [4.78, 5) is 20.9. The summed E-state index contributed by atoms with van der Waals surface area (Å²) in [7, 11) is 0. The molecule has 2 heterocycles. The first-order chi connectivity index (χ1) is 8.83. The number of carbonyl (C=O) groups excluding carboxylic acids is 1. The van der Waals surface area contributed by atoms with E-state index in [2.05, 4.69) is 9.97 Å². The Hall–Kier alpha value is -1.72. The highest BCUT2D eigenvalue weighted by Crippen LogP contribution is 2.29. The van der Waals surface area contributed by atoms with Crippen LogP contribution in [0.25, 0.3) is 10.1 Å². The van der Waals surface area contributed by atoms with Gasteiger partial charge in [-0.1, -0.05) is 18.2 Å². The van der Waals surface area contributed by atoms with Crippen LogP contribution >= 0.6 is 23.1 Å². The van der Waals surface area contributed by atoms with Gasteiger partial charge in [0.15, 0.2) is 5.16 Å². The molecular weight excluding hydrogens is 264 g/mol. The maximum atomic E-state index is 12.1. The van der Waals surface area contributed by atoms with Crippen LogP contribution in [-0.4, -0.2) is 15.1 Å². The molecule has 88 valence electrons. The highest BCUT2D eigenvalue weighted by atomic mass is 32.2. The van der Waals surface area contributed by atoms with Gasteiger partial charge in [-0.2, -0.15) is 0 Å². The van der Waals surface area contributed by atoms with Gasteiger partial charge >= 0.3 is 0 Å². The molecule has 0 bridgehead atoms. The van der Waals surface area contributed by atoms with Crippen molar-refractivity contribution in [3.05, 3.63) is 53.7 Å². The zero-order chi connectivity index (χ0) is 12.4. The van der Waals surface area contributed by atoms with Crippen molar-refractivity contribution in [2.24, 2.45) is 0 Å². The molecule has 0 saturated heterocycles. The Morgan fingerprint density at radius 1 is 1.11 bits per heavy atom. The van der Waals surface area contributed by atoms with E-state index in [0.29, 0.717) is 5.16 Å². The van der Waals surface area contributed by atoms with E-state index in [4.69, 9.17) is 0 Å². The fourth-order valence-corrected chi connectivity index (χ4v) is 3.25. The number of carbonyl (C=O) groups is 1. The molecule has 0 spiro atoms. The van der Waals surface area contributed by atoms with Crippen molar-refractivity contribution in [1.29, 1.82) is 0 Å². The lowest BCUT2D eigenvalue weighted by Crippen LogP contribution is -1.92. The number of thiophene rings is 1. The van der Waals surface area contributed by atoms with E-state index in [0.717, 1.165) is 26.7 Å². The van der Waals surface area contributed by atoms with Gasteiger partial charge in [0.25, 0.3) is 0 Å². The van der Waals surface area contributed by atoms with Crippen molar-refractivity contribution in [3.63, 3.8) is 0 Å². The average molecular weight is 272 g/mol. The Bertz CT molecular complexity index is 661. The summed E-state index contributed by atoms with van der Waals surface area (Å²) in [6, 6.07) is 11.6. The monoisotopic (exact) mass is 272 g/mol. The molecule has 0 aliphatic rings. The van der Waals surface area contributed by atoms with E-state index in [1.165, 1.54) is 11.3 Å². The zero-order valence-corrected chi connectivity index (χ0v) is 10.9. The Kier molecular flexibility index (Phi) is 3.08. The van der Waals surface area contributed by atoms with Gasteiger partial charge in [-0.05, 0) is 35.3 Å². The third-order valence-electron chi connectivity index (χ3n) is 2.35. The third kappa shape index (κ3) is 2.27. The minimum atomic E-state index is -0.0117. The van der Waals surface area contributed by atoms with Crippen molar-refractivity contribution in [2.45, 2.75) is 5.16 Å². The van der Waals surface area contributed by atoms with Gasteiger partial charge in [0.2, 0.25) is 5.12 Å². The van der Waals surface area contributed by atoms with Crippen molar-refractivity contribution in [3.8, 4) is 0 Å². The molecule has 3 nitrogen and oxygen atoms in total. The molecule has 0 radical (unpaired) electrons. The molecule has 0 aliphatic carbocycles. The third-order valence-corrected chi connectivity index (χ3v) is 4.40. The lowest BCUT2D eigenvalue weighted by atomic mass is 10.2. The van der Waals surface area contributed by atoms with Crippen molar-refractivity contribution in [1.82, 2.24) is 9.97 Å². The minimum Gasteiger partial charge on any atom is -0.280 e. The Balaban J connectivity index is 1.88. The number of benzene rings is 1. The van der Waals surface area contributed by atoms with E-state index >= 15 is 0 Å². The number of rotatable bonds is 2. The minimum absolute atomic E-state index is 0.0117. The molecule has 0 saturated carbocycles. The summed E-state index contributed by atoms with van der Waals surface area (Å²) in [5, 5.41) is 1.57. The molecule has 3 rings (SSSR count). The summed E-state index contributed by atoms with van der Waals surface area (Å²) in [5.74, 6) is 0. The number of hydrogen-bond acceptors (Lipinski definition) is 5. The number of aromatic nitrogens is 2. The molecule has 18 heavy (non-hydrogen) atoms. The van der Waals surface area contributed by atoms with Crippen LogP contribution in [0.15, 0.2) is 53.9 Å². The normalized spacial score (nSPS) is 10.7. The highest BCUT2D eigenvalue weighted by Gasteiger charge is 2.13. The number of nitrogens with zero attached hydrogens (tertiary/aromatic N) is 2. The highest BCUT2D eigenvalue weighted by molar-refractivity contribution is 8.14. The molecule has 0 unspecified atom stereocenters. The maximum absolute atomic E-state index is 12.1. The van der Waals surface area contributed by atoms with Crippen LogP contribution in [0.1, 0.15) is 9.67 Å². The van der Waals surface area contributed by atoms with Crippen LogP contribution in [0.4, 0.5) is 0 Å². The Morgan fingerprint density at radius 3 is 2.67 bits per heavy atom. The quantitative estimate of drug-likeness (QED) is 0.528. The van der Waals surface area contributed by atoms with Gasteiger partial charge in [0.05, 0.1) is 4.88 Å². The van der Waals surface area contributed by atoms with E-state index < -0.39 is 0 Å². The first kappa shape index (κ1) is 11.4. The molecule has 0 N–H and O–H groups in total. The average Bonchev–Trinajstić information content (AvgIpc) is 2.84. The molecule has 2 aromatic heterocycles. The van der Waals surface area contributed by atoms with E-state index in [1.807, 2.05) is 30.3 Å². The van der Waals surface area contributed by atoms with Crippen molar-refractivity contribution in [2.75, 3.05) is 0 Å². The maximum Gasteiger partial charge on any atom is 0.237 e. The van der Waals surface area contributed by atoms with Crippen LogP contribution in [0, 0.1) is 0 Å². The number of thioether (sulfide) groups is 1. The molecule has 0 amide bonds. The van der Waals surface area contributed by atoms with Gasteiger partial charge in [-0.3, -0.25) is 4.79 Å². The van der Waals surface area contributed by atoms with E-state index in [1.54, 1.807) is 18.5 Å². The van der Waals surface area contributed by atoms with Crippen LogP contribution in [0.5, 0.6) is 0 Å². The van der Waals surface area contributed by atoms with Crippen LogP contribution < -0.4 is 0 Å². The number of fused-ring (bicyclic) bond motifs is 1. The van der Waals surface area contributed by atoms with E-state index in [9.17, 15) is 4.79 Å². The molecule has 0 aliphatic heterocycles. The second-order valence-corrected chi connectivity index (χ2v) is 5.59. The van der Waals surface area contributed by atoms with Gasteiger partial charge in [0, 0.05) is 17.1 Å². The second-order valence-electron chi connectivity index (χ2n) is 3.57. The standard InChI is InChI=1S/C13H8N2OS2/c16-12(18-13-14-6-3-7-15-13)11-8-9-4-1-2-5-10(9)17-11/h1-8H. The van der Waals surface area contributed by atoms with Gasteiger partial charge in [0.1, 0.15) is 0 Å². The van der Waals surface area contributed by atoms with Crippen LogP contribution in [-0.2, 0) is 0 Å². The topological polar surface area (TPSA) is 42.9 Å². The smallest absolute Gasteiger partial charge is 0.237 e. The summed E-state index contributed by atoms with van der Waals surface area (Å²) in [6.07, 6.45) is 3.26. The Morgan fingerprint density at radius 2 is 1.89 bits per heavy atom. The van der Waals surface area contributed by atoms with Crippen molar-refractivity contribution < 1.29 is 4.79 Å². The zero-order valence-electron chi connectivity index (χ0n) is 9.24. The first-order valence-electron chi connectivity index (χ1n) is 5.31. The summed E-state index contributed by atoms with van der Waals surface area (Å²) in [5.41, 5.74) is 0. The molecule has 5 heteroatoms. The molecule has 1 aromatic carbocycles. The Labute approximate surface area is 112 Å². The second kappa shape index (κ2) is 4.88. The summed E-state index contributed by atoms with van der Waals surface area (Å²) >= 11 is 2.56. The molecule has 0 atom stereocenters. The largest absolute Gasteiger partial charge is 0.280 e. The summed E-state index contributed by atoms with van der Waals surface area (Å²) < 4.78 is 1.12. The lowest BCUT2D eigenvalue weighted by molar-refractivity contribution is 0.109. The fraction of sp³-hybridized carbons (Fsp3) is 0. The lowest BCUT2D eigenvalue weighted by Gasteiger charge is -1.94.